The van der Waals surface area contributed by atoms with Crippen LogP contribution in [0.5, 0.6) is 0 Å². The van der Waals surface area contributed by atoms with Gasteiger partial charge in [-0.2, -0.15) is 4.98 Å². The molecular formula is C18H24N6O2S. The van der Waals surface area contributed by atoms with Crippen LogP contribution in [-0.2, 0) is 17.7 Å². The number of aryl methyl sites for hydroxylation is 1. The van der Waals surface area contributed by atoms with Crippen molar-refractivity contribution in [1.29, 1.82) is 0 Å². The molecule has 1 unspecified atom stereocenters. The zero-order valence-corrected chi connectivity index (χ0v) is 16.6. The minimum absolute atomic E-state index is 0.0244. The standard InChI is InChI=1S/C18H24N6O2S/c1-4-5-6-15-20-17(26-23-15)13(2)27-18-22-21-16(24(18)11-12-25-3)14-7-9-19-10-8-14/h7-10,13H,4-6,11-12H2,1-3H3. The van der Waals surface area contributed by atoms with Crippen molar-refractivity contribution in [2.24, 2.45) is 0 Å². The van der Waals surface area contributed by atoms with Crippen molar-refractivity contribution in [3.05, 3.63) is 36.2 Å². The Kier molecular flexibility index (Phi) is 6.94. The summed E-state index contributed by atoms with van der Waals surface area (Å²) >= 11 is 1.55. The summed E-state index contributed by atoms with van der Waals surface area (Å²) in [5, 5.41) is 13.6. The maximum absolute atomic E-state index is 5.44. The van der Waals surface area contributed by atoms with Crippen LogP contribution < -0.4 is 0 Å². The van der Waals surface area contributed by atoms with E-state index in [1.54, 1.807) is 31.3 Å². The summed E-state index contributed by atoms with van der Waals surface area (Å²) in [6, 6.07) is 3.84. The van der Waals surface area contributed by atoms with Crippen molar-refractivity contribution < 1.29 is 9.26 Å². The minimum Gasteiger partial charge on any atom is -0.383 e. The Morgan fingerprint density at radius 3 is 2.81 bits per heavy atom. The van der Waals surface area contributed by atoms with Crippen LogP contribution >= 0.6 is 11.8 Å². The summed E-state index contributed by atoms with van der Waals surface area (Å²) in [6.07, 6.45) is 6.50. The molecule has 0 saturated heterocycles. The maximum Gasteiger partial charge on any atom is 0.239 e. The van der Waals surface area contributed by atoms with Crippen LogP contribution in [0.4, 0.5) is 0 Å². The molecule has 0 radical (unpaired) electrons. The molecule has 0 N–H and O–H groups in total. The molecule has 8 nitrogen and oxygen atoms in total. The van der Waals surface area contributed by atoms with E-state index in [2.05, 4.69) is 32.2 Å². The molecule has 0 spiro atoms. The molecule has 0 saturated carbocycles. The van der Waals surface area contributed by atoms with Crippen molar-refractivity contribution in [2.75, 3.05) is 13.7 Å². The van der Waals surface area contributed by atoms with E-state index < -0.39 is 0 Å². The van der Waals surface area contributed by atoms with Crippen LogP contribution in [-0.4, -0.2) is 43.6 Å². The Morgan fingerprint density at radius 1 is 1.26 bits per heavy atom. The number of hydrogen-bond acceptors (Lipinski definition) is 8. The number of nitrogens with zero attached hydrogens (tertiary/aromatic N) is 6. The lowest BCUT2D eigenvalue weighted by molar-refractivity contribution is 0.185. The molecule has 144 valence electrons. The van der Waals surface area contributed by atoms with Crippen LogP contribution in [0.3, 0.4) is 0 Å². The second-order valence-corrected chi connectivity index (χ2v) is 7.41. The minimum atomic E-state index is -0.0244. The molecule has 9 heteroatoms. The van der Waals surface area contributed by atoms with Gasteiger partial charge in [-0.25, -0.2) is 0 Å². The lowest BCUT2D eigenvalue weighted by Gasteiger charge is -2.11. The van der Waals surface area contributed by atoms with Crippen LogP contribution in [0, 0.1) is 0 Å². The Balaban J connectivity index is 1.79. The molecule has 0 aliphatic rings. The Labute approximate surface area is 162 Å². The zero-order chi connectivity index (χ0) is 19.1. The second-order valence-electron chi connectivity index (χ2n) is 6.10. The first kappa shape index (κ1) is 19.5. The number of thioether (sulfide) groups is 1. The Hall–Kier alpha value is -2.26. The van der Waals surface area contributed by atoms with Gasteiger partial charge in [0, 0.05) is 31.5 Å². The molecule has 0 aliphatic heterocycles. The van der Waals surface area contributed by atoms with Gasteiger partial charge in [-0.05, 0) is 25.5 Å². The summed E-state index contributed by atoms with van der Waals surface area (Å²) < 4.78 is 12.7. The van der Waals surface area contributed by atoms with Crippen molar-refractivity contribution in [2.45, 2.75) is 50.1 Å². The first-order valence-electron chi connectivity index (χ1n) is 9.04. The van der Waals surface area contributed by atoms with E-state index in [-0.39, 0.29) is 5.25 Å². The van der Waals surface area contributed by atoms with Crippen molar-refractivity contribution in [3.63, 3.8) is 0 Å². The van der Waals surface area contributed by atoms with Crippen LogP contribution in [0.15, 0.2) is 34.2 Å². The number of rotatable bonds is 10. The molecule has 3 heterocycles. The van der Waals surface area contributed by atoms with Gasteiger partial charge in [0.25, 0.3) is 0 Å². The van der Waals surface area contributed by atoms with Gasteiger partial charge < -0.3 is 9.26 Å². The van der Waals surface area contributed by atoms with Crippen molar-refractivity contribution >= 4 is 11.8 Å². The lowest BCUT2D eigenvalue weighted by atomic mass is 10.2. The molecular weight excluding hydrogens is 364 g/mol. The Morgan fingerprint density at radius 2 is 2.07 bits per heavy atom. The highest BCUT2D eigenvalue weighted by Gasteiger charge is 2.21. The molecule has 1 atom stereocenters. The number of methoxy groups -OCH3 is 1. The van der Waals surface area contributed by atoms with Gasteiger partial charge in [-0.1, -0.05) is 30.3 Å². The predicted octanol–water partition coefficient (Wildman–Crippen LogP) is 3.57. The first-order valence-corrected chi connectivity index (χ1v) is 9.92. The molecule has 0 aromatic carbocycles. The van der Waals surface area contributed by atoms with E-state index in [4.69, 9.17) is 9.26 Å². The fraction of sp³-hybridized carbons (Fsp3) is 0.500. The molecule has 0 amide bonds. The third kappa shape index (κ3) is 4.92. The average Bonchev–Trinajstić information content (AvgIpc) is 3.32. The van der Waals surface area contributed by atoms with Crippen LogP contribution in [0.1, 0.15) is 43.7 Å². The van der Waals surface area contributed by atoms with Crippen LogP contribution in [0.2, 0.25) is 0 Å². The smallest absolute Gasteiger partial charge is 0.239 e. The molecule has 27 heavy (non-hydrogen) atoms. The summed E-state index contributed by atoms with van der Waals surface area (Å²) in [4.78, 5) is 8.58. The lowest BCUT2D eigenvalue weighted by Crippen LogP contribution is -2.08. The van der Waals surface area contributed by atoms with Gasteiger partial charge in [0.05, 0.1) is 18.4 Å². The summed E-state index contributed by atoms with van der Waals surface area (Å²) in [6.45, 7) is 5.40. The second kappa shape index (κ2) is 9.61. The third-order valence-electron chi connectivity index (χ3n) is 4.04. The molecule has 3 aromatic heterocycles. The van der Waals surface area contributed by atoms with E-state index in [1.807, 2.05) is 23.6 Å². The van der Waals surface area contributed by atoms with Crippen molar-refractivity contribution in [3.8, 4) is 11.4 Å². The highest BCUT2D eigenvalue weighted by atomic mass is 32.2. The fourth-order valence-corrected chi connectivity index (χ4v) is 3.46. The largest absolute Gasteiger partial charge is 0.383 e. The molecule has 3 aromatic rings. The van der Waals surface area contributed by atoms with Gasteiger partial charge in [0.15, 0.2) is 16.8 Å². The van der Waals surface area contributed by atoms with Crippen LogP contribution in [0.25, 0.3) is 11.4 Å². The predicted molar refractivity (Wildman–Crippen MR) is 102 cm³/mol. The normalized spacial score (nSPS) is 12.4. The highest BCUT2D eigenvalue weighted by Crippen LogP contribution is 2.34. The van der Waals surface area contributed by atoms with Gasteiger partial charge >= 0.3 is 0 Å². The number of ether oxygens (including phenoxy) is 1. The monoisotopic (exact) mass is 388 g/mol. The highest BCUT2D eigenvalue weighted by molar-refractivity contribution is 7.99. The van der Waals surface area contributed by atoms with E-state index in [0.717, 1.165) is 41.6 Å². The van der Waals surface area contributed by atoms with E-state index in [9.17, 15) is 0 Å². The summed E-state index contributed by atoms with van der Waals surface area (Å²) in [5.74, 6) is 2.16. The Bertz CT molecular complexity index is 836. The van der Waals surface area contributed by atoms with E-state index in [1.165, 1.54) is 0 Å². The zero-order valence-electron chi connectivity index (χ0n) is 15.8. The first-order chi connectivity index (χ1) is 13.2. The molecule has 3 rings (SSSR count). The molecule has 0 fully saturated rings. The van der Waals surface area contributed by atoms with Gasteiger partial charge in [-0.15, -0.1) is 10.2 Å². The third-order valence-corrected chi connectivity index (χ3v) is 5.11. The topological polar surface area (TPSA) is 91.8 Å². The summed E-state index contributed by atoms with van der Waals surface area (Å²) in [7, 11) is 1.68. The quantitative estimate of drug-likeness (QED) is 0.487. The molecule has 0 bridgehead atoms. The SMILES string of the molecule is CCCCc1noc(C(C)Sc2nnc(-c3ccncc3)n2CCOC)n1. The summed E-state index contributed by atoms with van der Waals surface area (Å²) in [5.41, 5.74) is 0.966. The maximum atomic E-state index is 5.44. The van der Waals surface area contributed by atoms with E-state index >= 15 is 0 Å². The number of aromatic nitrogens is 6. The van der Waals surface area contributed by atoms with E-state index in [0.29, 0.717) is 19.0 Å². The van der Waals surface area contributed by atoms with Gasteiger partial charge in [0.1, 0.15) is 0 Å². The number of unbranched alkanes of at least 4 members (excludes halogenated alkanes) is 1. The average molecular weight is 388 g/mol. The molecule has 0 aliphatic carbocycles. The number of hydrogen-bond donors (Lipinski definition) is 0. The van der Waals surface area contributed by atoms with Gasteiger partial charge in [0.2, 0.25) is 5.89 Å². The van der Waals surface area contributed by atoms with Crippen molar-refractivity contribution in [1.82, 2.24) is 29.9 Å². The fourth-order valence-electron chi connectivity index (χ4n) is 2.55. The van der Waals surface area contributed by atoms with Gasteiger partial charge in [-0.3, -0.25) is 9.55 Å². The number of pyridine rings is 1.